The molecule has 2 aliphatic heterocycles. The molecule has 2 N–H and O–H groups in total. The molecule has 16 heavy (non-hydrogen) atoms. The average molecular weight is 224 g/mol. The van der Waals surface area contributed by atoms with Crippen LogP contribution in [0.5, 0.6) is 0 Å². The lowest BCUT2D eigenvalue weighted by molar-refractivity contribution is -0.122. The standard InChI is InChI=1S/C13H24N2O/c1-9(2)5-13(16)14-8-10-6-11-3-4-12(7-10)15-11/h9-12,15H,3-8H2,1-2H3,(H,14,16)/t10?,11-,12+. The fourth-order valence-corrected chi connectivity index (χ4v) is 3.04. The summed E-state index contributed by atoms with van der Waals surface area (Å²) in [4.78, 5) is 11.5. The summed E-state index contributed by atoms with van der Waals surface area (Å²) in [5, 5.41) is 6.71. The fourth-order valence-electron chi connectivity index (χ4n) is 3.04. The lowest BCUT2D eigenvalue weighted by Gasteiger charge is -2.29. The van der Waals surface area contributed by atoms with Crippen LogP contribution < -0.4 is 10.6 Å². The van der Waals surface area contributed by atoms with E-state index in [0.717, 1.165) is 18.6 Å². The van der Waals surface area contributed by atoms with Gasteiger partial charge in [0.15, 0.2) is 0 Å². The Kier molecular flexibility index (Phi) is 3.85. The molecule has 3 nitrogen and oxygen atoms in total. The van der Waals surface area contributed by atoms with Crippen LogP contribution in [0.25, 0.3) is 0 Å². The van der Waals surface area contributed by atoms with Crippen molar-refractivity contribution in [1.29, 1.82) is 0 Å². The summed E-state index contributed by atoms with van der Waals surface area (Å²) in [5.41, 5.74) is 0. The molecule has 3 heteroatoms. The van der Waals surface area contributed by atoms with Gasteiger partial charge in [-0.25, -0.2) is 0 Å². The molecule has 3 atom stereocenters. The van der Waals surface area contributed by atoms with Crippen molar-refractivity contribution in [2.24, 2.45) is 11.8 Å². The monoisotopic (exact) mass is 224 g/mol. The molecule has 0 spiro atoms. The van der Waals surface area contributed by atoms with Gasteiger partial charge in [0.25, 0.3) is 0 Å². The lowest BCUT2D eigenvalue weighted by Crippen LogP contribution is -2.42. The van der Waals surface area contributed by atoms with E-state index in [1.54, 1.807) is 0 Å². The molecule has 2 aliphatic rings. The zero-order valence-electron chi connectivity index (χ0n) is 10.5. The molecule has 2 saturated heterocycles. The average Bonchev–Trinajstić information content (AvgIpc) is 2.54. The van der Waals surface area contributed by atoms with Crippen LogP contribution in [-0.4, -0.2) is 24.5 Å². The highest BCUT2D eigenvalue weighted by Crippen LogP contribution is 2.30. The van der Waals surface area contributed by atoms with Crippen molar-refractivity contribution >= 4 is 5.91 Å². The molecule has 0 radical (unpaired) electrons. The highest BCUT2D eigenvalue weighted by atomic mass is 16.1. The summed E-state index contributed by atoms with van der Waals surface area (Å²) >= 11 is 0. The van der Waals surface area contributed by atoms with Gasteiger partial charge in [0, 0.05) is 25.0 Å². The Morgan fingerprint density at radius 1 is 1.31 bits per heavy atom. The second-order valence-corrected chi connectivity index (χ2v) is 5.88. The Morgan fingerprint density at radius 3 is 2.50 bits per heavy atom. The molecule has 0 aromatic heterocycles. The number of hydrogen-bond donors (Lipinski definition) is 2. The first-order chi connectivity index (χ1) is 7.63. The number of rotatable bonds is 4. The molecular weight excluding hydrogens is 200 g/mol. The summed E-state index contributed by atoms with van der Waals surface area (Å²) in [7, 11) is 0. The number of fused-ring (bicyclic) bond motifs is 2. The van der Waals surface area contributed by atoms with Crippen LogP contribution in [0, 0.1) is 11.8 Å². The predicted octanol–water partition coefficient (Wildman–Crippen LogP) is 1.68. The lowest BCUT2D eigenvalue weighted by atomic mass is 9.92. The number of carbonyl (C=O) groups excluding carboxylic acids is 1. The second-order valence-electron chi connectivity index (χ2n) is 5.88. The van der Waals surface area contributed by atoms with Crippen molar-refractivity contribution < 1.29 is 4.79 Å². The van der Waals surface area contributed by atoms with E-state index < -0.39 is 0 Å². The third kappa shape index (κ3) is 3.21. The Hall–Kier alpha value is -0.570. The number of nitrogens with one attached hydrogen (secondary N) is 2. The zero-order chi connectivity index (χ0) is 11.5. The van der Waals surface area contributed by atoms with E-state index in [4.69, 9.17) is 0 Å². The third-order valence-corrected chi connectivity index (χ3v) is 3.75. The van der Waals surface area contributed by atoms with Gasteiger partial charge in [-0.1, -0.05) is 13.8 Å². The van der Waals surface area contributed by atoms with Gasteiger partial charge in [0.05, 0.1) is 0 Å². The smallest absolute Gasteiger partial charge is 0.220 e. The van der Waals surface area contributed by atoms with Gasteiger partial charge in [-0.2, -0.15) is 0 Å². The van der Waals surface area contributed by atoms with E-state index in [-0.39, 0.29) is 5.91 Å². The summed E-state index contributed by atoms with van der Waals surface area (Å²) in [6.07, 6.45) is 5.83. The Labute approximate surface area is 98.4 Å². The molecule has 92 valence electrons. The van der Waals surface area contributed by atoms with E-state index in [2.05, 4.69) is 24.5 Å². The molecular formula is C13H24N2O. The largest absolute Gasteiger partial charge is 0.356 e. The maximum atomic E-state index is 11.5. The van der Waals surface area contributed by atoms with E-state index in [9.17, 15) is 4.79 Å². The van der Waals surface area contributed by atoms with Crippen molar-refractivity contribution in [3.8, 4) is 0 Å². The number of hydrogen-bond acceptors (Lipinski definition) is 2. The van der Waals surface area contributed by atoms with Gasteiger partial charge >= 0.3 is 0 Å². The van der Waals surface area contributed by atoms with Gasteiger partial charge < -0.3 is 10.6 Å². The normalized spacial score (nSPS) is 33.1. The maximum absolute atomic E-state index is 11.5. The summed E-state index contributed by atoms with van der Waals surface area (Å²) in [5.74, 6) is 1.39. The minimum Gasteiger partial charge on any atom is -0.356 e. The van der Waals surface area contributed by atoms with Crippen molar-refractivity contribution in [2.45, 2.75) is 58.0 Å². The Balaban J connectivity index is 1.68. The number of amides is 1. The molecule has 2 bridgehead atoms. The van der Waals surface area contributed by atoms with Gasteiger partial charge in [-0.05, 0) is 37.5 Å². The Bertz CT molecular complexity index is 240. The quantitative estimate of drug-likeness (QED) is 0.763. The number of carbonyl (C=O) groups is 1. The van der Waals surface area contributed by atoms with Crippen LogP contribution in [0.15, 0.2) is 0 Å². The van der Waals surface area contributed by atoms with E-state index in [1.165, 1.54) is 25.7 Å². The van der Waals surface area contributed by atoms with E-state index in [0.29, 0.717) is 18.3 Å². The first-order valence-electron chi connectivity index (χ1n) is 6.66. The van der Waals surface area contributed by atoms with Gasteiger partial charge in [0.1, 0.15) is 0 Å². The summed E-state index contributed by atoms with van der Waals surface area (Å²) in [6.45, 7) is 5.06. The van der Waals surface area contributed by atoms with Crippen molar-refractivity contribution in [1.82, 2.24) is 10.6 Å². The van der Waals surface area contributed by atoms with Crippen LogP contribution in [-0.2, 0) is 4.79 Å². The van der Waals surface area contributed by atoms with Crippen LogP contribution in [0.2, 0.25) is 0 Å². The predicted molar refractivity (Wildman–Crippen MR) is 65.1 cm³/mol. The first-order valence-corrected chi connectivity index (χ1v) is 6.66. The molecule has 0 aliphatic carbocycles. The summed E-state index contributed by atoms with van der Waals surface area (Å²) in [6, 6.07) is 1.46. The summed E-state index contributed by atoms with van der Waals surface area (Å²) < 4.78 is 0. The molecule has 2 rings (SSSR count). The third-order valence-electron chi connectivity index (χ3n) is 3.75. The second kappa shape index (κ2) is 5.17. The molecule has 0 saturated carbocycles. The van der Waals surface area contributed by atoms with Gasteiger partial charge in [0.2, 0.25) is 5.91 Å². The van der Waals surface area contributed by atoms with Gasteiger partial charge in [-0.3, -0.25) is 4.79 Å². The minimum absolute atomic E-state index is 0.223. The van der Waals surface area contributed by atoms with E-state index in [1.807, 2.05) is 0 Å². The first kappa shape index (κ1) is 11.9. The van der Waals surface area contributed by atoms with Crippen LogP contribution in [0.1, 0.15) is 46.0 Å². The SMILES string of the molecule is CC(C)CC(=O)NCC1C[C@H]2CC[C@@H](C1)N2. The molecule has 1 unspecified atom stereocenters. The molecule has 2 fully saturated rings. The van der Waals surface area contributed by atoms with Crippen molar-refractivity contribution in [2.75, 3.05) is 6.54 Å². The highest BCUT2D eigenvalue weighted by molar-refractivity contribution is 5.76. The Morgan fingerprint density at radius 2 is 1.94 bits per heavy atom. The fraction of sp³-hybridized carbons (Fsp3) is 0.923. The van der Waals surface area contributed by atoms with Crippen LogP contribution in [0.3, 0.4) is 0 Å². The van der Waals surface area contributed by atoms with E-state index >= 15 is 0 Å². The molecule has 0 aromatic rings. The molecule has 0 aromatic carbocycles. The molecule has 1 amide bonds. The van der Waals surface area contributed by atoms with Crippen molar-refractivity contribution in [3.63, 3.8) is 0 Å². The molecule has 2 heterocycles. The van der Waals surface area contributed by atoms with Crippen LogP contribution >= 0.6 is 0 Å². The highest BCUT2D eigenvalue weighted by Gasteiger charge is 2.33. The minimum atomic E-state index is 0.223. The van der Waals surface area contributed by atoms with Crippen LogP contribution in [0.4, 0.5) is 0 Å². The zero-order valence-corrected chi connectivity index (χ0v) is 10.5. The topological polar surface area (TPSA) is 41.1 Å². The maximum Gasteiger partial charge on any atom is 0.220 e. The van der Waals surface area contributed by atoms with Crippen molar-refractivity contribution in [3.05, 3.63) is 0 Å². The van der Waals surface area contributed by atoms with Gasteiger partial charge in [-0.15, -0.1) is 0 Å². The number of piperidine rings is 1.